The second kappa shape index (κ2) is 9.10. The second-order valence-electron chi connectivity index (χ2n) is 7.21. The Morgan fingerprint density at radius 3 is 2.41 bits per heavy atom. The number of rotatable bonds is 6. The van der Waals surface area contributed by atoms with Crippen molar-refractivity contribution in [1.82, 2.24) is 5.32 Å². The number of fused-ring (bicyclic) bond motifs is 1. The molecule has 4 rings (SSSR count). The van der Waals surface area contributed by atoms with E-state index in [0.29, 0.717) is 24.7 Å². The quantitative estimate of drug-likeness (QED) is 0.554. The SMILES string of the molecule is C[C@H](NC(=O)c1ccc(NS(=O)(=O)c2ccccc2)cc1Cl)c1ccc2c(c1)OCCO2. The lowest BCUT2D eigenvalue weighted by Crippen LogP contribution is -2.27. The molecule has 3 aromatic carbocycles. The van der Waals surface area contributed by atoms with Gasteiger partial charge in [-0.1, -0.05) is 35.9 Å². The smallest absolute Gasteiger partial charge is 0.261 e. The number of carbonyl (C=O) groups excluding carboxylic acids is 1. The lowest BCUT2D eigenvalue weighted by Gasteiger charge is -2.21. The molecule has 0 spiro atoms. The first kappa shape index (κ1) is 22.0. The number of sulfonamides is 1. The van der Waals surface area contributed by atoms with Crippen molar-refractivity contribution in [1.29, 1.82) is 0 Å². The number of benzene rings is 3. The molecule has 0 fully saturated rings. The maximum Gasteiger partial charge on any atom is 0.261 e. The van der Waals surface area contributed by atoms with Gasteiger partial charge in [-0.05, 0) is 55.0 Å². The van der Waals surface area contributed by atoms with Gasteiger partial charge in [-0.2, -0.15) is 0 Å². The highest BCUT2D eigenvalue weighted by molar-refractivity contribution is 7.92. The summed E-state index contributed by atoms with van der Waals surface area (Å²) in [4.78, 5) is 12.9. The molecule has 0 saturated carbocycles. The van der Waals surface area contributed by atoms with E-state index in [-0.39, 0.29) is 33.1 Å². The van der Waals surface area contributed by atoms with Gasteiger partial charge in [-0.3, -0.25) is 9.52 Å². The van der Waals surface area contributed by atoms with Crippen LogP contribution >= 0.6 is 11.6 Å². The molecule has 166 valence electrons. The van der Waals surface area contributed by atoms with Gasteiger partial charge in [0.25, 0.3) is 15.9 Å². The van der Waals surface area contributed by atoms with Gasteiger partial charge in [0.2, 0.25) is 0 Å². The number of carbonyl (C=O) groups is 1. The third kappa shape index (κ3) is 4.81. The number of hydrogen-bond acceptors (Lipinski definition) is 5. The molecule has 0 aromatic heterocycles. The minimum Gasteiger partial charge on any atom is -0.486 e. The van der Waals surface area contributed by atoms with Gasteiger partial charge in [-0.25, -0.2) is 8.42 Å². The molecule has 7 nitrogen and oxygen atoms in total. The molecule has 0 saturated heterocycles. The van der Waals surface area contributed by atoms with Crippen molar-refractivity contribution < 1.29 is 22.7 Å². The van der Waals surface area contributed by atoms with E-state index in [1.807, 2.05) is 25.1 Å². The topological polar surface area (TPSA) is 93.7 Å². The summed E-state index contributed by atoms with van der Waals surface area (Å²) in [6.45, 7) is 2.83. The van der Waals surface area contributed by atoms with Gasteiger partial charge in [0.1, 0.15) is 13.2 Å². The zero-order chi connectivity index (χ0) is 22.7. The summed E-state index contributed by atoms with van der Waals surface area (Å²) in [5.74, 6) is 0.938. The lowest BCUT2D eigenvalue weighted by molar-refractivity contribution is 0.0940. The number of ether oxygens (including phenoxy) is 2. The first-order chi connectivity index (χ1) is 15.3. The van der Waals surface area contributed by atoms with Gasteiger partial charge >= 0.3 is 0 Å². The van der Waals surface area contributed by atoms with Crippen LogP contribution in [0.15, 0.2) is 71.6 Å². The molecular formula is C23H21ClN2O5S. The third-order valence-electron chi connectivity index (χ3n) is 4.93. The fourth-order valence-electron chi connectivity index (χ4n) is 3.26. The summed E-state index contributed by atoms with van der Waals surface area (Å²) >= 11 is 6.29. The fourth-order valence-corrected chi connectivity index (χ4v) is 4.60. The molecule has 1 amide bonds. The van der Waals surface area contributed by atoms with Crippen LogP contribution in [0.2, 0.25) is 5.02 Å². The van der Waals surface area contributed by atoms with Gasteiger partial charge in [0, 0.05) is 0 Å². The van der Waals surface area contributed by atoms with Gasteiger partial charge < -0.3 is 14.8 Å². The number of halogens is 1. The molecule has 1 aliphatic rings. The molecule has 1 heterocycles. The Hall–Kier alpha value is -3.23. The van der Waals surface area contributed by atoms with Crippen LogP contribution in [0.4, 0.5) is 5.69 Å². The molecule has 9 heteroatoms. The molecule has 1 atom stereocenters. The maximum absolute atomic E-state index is 12.8. The van der Waals surface area contributed by atoms with Crippen molar-refractivity contribution in [2.24, 2.45) is 0 Å². The predicted octanol–water partition coefficient (Wildman–Crippen LogP) is 4.40. The van der Waals surface area contributed by atoms with Gasteiger partial charge in [0.05, 0.1) is 27.2 Å². The van der Waals surface area contributed by atoms with Crippen molar-refractivity contribution >= 4 is 33.2 Å². The average molecular weight is 473 g/mol. The van der Waals surface area contributed by atoms with Crippen molar-refractivity contribution in [3.05, 3.63) is 82.9 Å². The number of amides is 1. The van der Waals surface area contributed by atoms with Gasteiger partial charge in [-0.15, -0.1) is 0 Å². The molecule has 1 aliphatic heterocycles. The number of hydrogen-bond donors (Lipinski definition) is 2. The Morgan fingerprint density at radius 1 is 0.969 bits per heavy atom. The van der Waals surface area contributed by atoms with Crippen molar-refractivity contribution in [3.63, 3.8) is 0 Å². The van der Waals surface area contributed by atoms with E-state index < -0.39 is 10.0 Å². The van der Waals surface area contributed by atoms with Crippen LogP contribution in [-0.2, 0) is 10.0 Å². The highest BCUT2D eigenvalue weighted by Gasteiger charge is 2.19. The van der Waals surface area contributed by atoms with Crippen molar-refractivity contribution in [2.75, 3.05) is 17.9 Å². The van der Waals surface area contributed by atoms with Crippen LogP contribution in [-0.4, -0.2) is 27.5 Å². The monoisotopic (exact) mass is 472 g/mol. The highest BCUT2D eigenvalue weighted by atomic mass is 35.5. The van der Waals surface area contributed by atoms with E-state index >= 15 is 0 Å². The first-order valence-corrected chi connectivity index (χ1v) is 11.8. The Bertz CT molecular complexity index is 1250. The van der Waals surface area contributed by atoms with Crippen LogP contribution in [0, 0.1) is 0 Å². The van der Waals surface area contributed by atoms with E-state index in [1.165, 1.54) is 30.3 Å². The molecule has 0 radical (unpaired) electrons. The number of anilines is 1. The summed E-state index contributed by atoms with van der Waals surface area (Å²) in [6.07, 6.45) is 0. The minimum atomic E-state index is -3.76. The average Bonchev–Trinajstić information content (AvgIpc) is 2.79. The van der Waals surface area contributed by atoms with Crippen LogP contribution < -0.4 is 19.5 Å². The van der Waals surface area contributed by atoms with E-state index in [0.717, 1.165) is 5.56 Å². The third-order valence-corrected chi connectivity index (χ3v) is 6.64. The van der Waals surface area contributed by atoms with E-state index in [4.69, 9.17) is 21.1 Å². The Kier molecular flexibility index (Phi) is 6.25. The second-order valence-corrected chi connectivity index (χ2v) is 9.30. The molecule has 32 heavy (non-hydrogen) atoms. The number of nitrogens with one attached hydrogen (secondary N) is 2. The normalized spacial score (nSPS) is 13.8. The Morgan fingerprint density at radius 2 is 1.69 bits per heavy atom. The summed E-state index contributed by atoms with van der Waals surface area (Å²) in [6, 6.07) is 17.6. The lowest BCUT2D eigenvalue weighted by atomic mass is 10.1. The summed E-state index contributed by atoms with van der Waals surface area (Å²) in [7, 11) is -3.76. The van der Waals surface area contributed by atoms with Crippen molar-refractivity contribution in [3.8, 4) is 11.5 Å². The molecule has 0 aliphatic carbocycles. The van der Waals surface area contributed by atoms with E-state index in [9.17, 15) is 13.2 Å². The predicted molar refractivity (Wildman–Crippen MR) is 122 cm³/mol. The van der Waals surface area contributed by atoms with Crippen LogP contribution in [0.3, 0.4) is 0 Å². The zero-order valence-electron chi connectivity index (χ0n) is 17.2. The standard InChI is InChI=1S/C23H21ClN2O5S/c1-15(16-7-10-21-22(13-16)31-12-11-30-21)25-23(27)19-9-8-17(14-20(19)24)26-32(28,29)18-5-3-2-4-6-18/h2-10,13-15,26H,11-12H2,1H3,(H,25,27)/t15-/m0/s1. The first-order valence-electron chi connectivity index (χ1n) is 9.91. The molecule has 3 aromatic rings. The zero-order valence-corrected chi connectivity index (χ0v) is 18.7. The Balaban J connectivity index is 1.46. The van der Waals surface area contributed by atoms with Crippen LogP contribution in [0.25, 0.3) is 0 Å². The summed E-state index contributed by atoms with van der Waals surface area (Å²) in [5.41, 5.74) is 1.35. The maximum atomic E-state index is 12.8. The van der Waals surface area contributed by atoms with Crippen LogP contribution in [0.1, 0.15) is 28.9 Å². The summed E-state index contributed by atoms with van der Waals surface area (Å²) in [5, 5.41) is 3.03. The largest absolute Gasteiger partial charge is 0.486 e. The molecule has 0 unspecified atom stereocenters. The van der Waals surface area contributed by atoms with Gasteiger partial charge in [0.15, 0.2) is 11.5 Å². The highest BCUT2D eigenvalue weighted by Crippen LogP contribution is 2.33. The van der Waals surface area contributed by atoms with E-state index in [2.05, 4.69) is 10.0 Å². The molecule has 0 bridgehead atoms. The molecule has 2 N–H and O–H groups in total. The Labute approximate surface area is 191 Å². The van der Waals surface area contributed by atoms with Crippen LogP contribution in [0.5, 0.6) is 11.5 Å². The van der Waals surface area contributed by atoms with E-state index in [1.54, 1.807) is 18.2 Å². The van der Waals surface area contributed by atoms with Crippen molar-refractivity contribution in [2.45, 2.75) is 17.9 Å². The summed E-state index contributed by atoms with van der Waals surface area (Å²) < 4.78 is 38.5. The molecular weight excluding hydrogens is 452 g/mol. The fraction of sp³-hybridized carbons (Fsp3) is 0.174. The minimum absolute atomic E-state index is 0.130.